The first kappa shape index (κ1) is 20.7. The van der Waals surface area contributed by atoms with Crippen molar-refractivity contribution in [3.63, 3.8) is 0 Å². The molecule has 8 nitrogen and oxygen atoms in total. The highest BCUT2D eigenvalue weighted by molar-refractivity contribution is 7.13. The lowest BCUT2D eigenvalue weighted by Gasteiger charge is -2.33. The van der Waals surface area contributed by atoms with Gasteiger partial charge in [-0.05, 0) is 25.0 Å². The number of benzene rings is 2. The SMILES string of the molecule is O=C(c1ccccc1)c1ccc(N2CCCC(C(=O)Nc3nccs3)C2)c([N+](=O)[O-])c1. The maximum atomic E-state index is 12.7. The van der Waals surface area contributed by atoms with E-state index >= 15 is 0 Å². The van der Waals surface area contributed by atoms with E-state index in [9.17, 15) is 19.7 Å². The van der Waals surface area contributed by atoms with Crippen LogP contribution in [-0.2, 0) is 4.79 Å². The van der Waals surface area contributed by atoms with Gasteiger partial charge in [0, 0.05) is 41.9 Å². The molecule has 1 atom stereocenters. The second kappa shape index (κ2) is 9.05. The number of nitrogens with one attached hydrogen (secondary N) is 1. The summed E-state index contributed by atoms with van der Waals surface area (Å²) in [5.74, 6) is -0.712. The minimum atomic E-state index is -0.476. The molecule has 31 heavy (non-hydrogen) atoms. The van der Waals surface area contributed by atoms with E-state index in [2.05, 4.69) is 10.3 Å². The number of hydrogen-bond donors (Lipinski definition) is 1. The van der Waals surface area contributed by atoms with Crippen LogP contribution in [-0.4, -0.2) is 34.7 Å². The highest BCUT2D eigenvalue weighted by Gasteiger charge is 2.30. The van der Waals surface area contributed by atoms with E-state index in [0.29, 0.717) is 35.9 Å². The van der Waals surface area contributed by atoms with Crippen LogP contribution in [0.25, 0.3) is 0 Å². The van der Waals surface area contributed by atoms with Crippen molar-refractivity contribution in [1.82, 2.24) is 4.98 Å². The first-order valence-electron chi connectivity index (χ1n) is 9.86. The molecule has 2 heterocycles. The van der Waals surface area contributed by atoms with E-state index < -0.39 is 4.92 Å². The maximum Gasteiger partial charge on any atom is 0.293 e. The van der Waals surface area contributed by atoms with Gasteiger partial charge in [0.1, 0.15) is 5.69 Å². The third-order valence-electron chi connectivity index (χ3n) is 5.27. The van der Waals surface area contributed by atoms with Crippen LogP contribution in [0.3, 0.4) is 0 Å². The second-order valence-corrected chi connectivity index (χ2v) is 8.16. The number of rotatable bonds is 6. The number of thiazole rings is 1. The summed E-state index contributed by atoms with van der Waals surface area (Å²) in [7, 11) is 0. The summed E-state index contributed by atoms with van der Waals surface area (Å²) >= 11 is 1.34. The summed E-state index contributed by atoms with van der Waals surface area (Å²) in [6.45, 7) is 0.970. The Labute approximate surface area is 182 Å². The van der Waals surface area contributed by atoms with Gasteiger partial charge in [-0.2, -0.15) is 0 Å². The molecule has 0 spiro atoms. The zero-order chi connectivity index (χ0) is 21.8. The van der Waals surface area contributed by atoms with Gasteiger partial charge < -0.3 is 10.2 Å². The minimum absolute atomic E-state index is 0.136. The Kier molecular flexibility index (Phi) is 6.03. The van der Waals surface area contributed by atoms with Crippen molar-refractivity contribution in [2.45, 2.75) is 12.8 Å². The largest absolute Gasteiger partial charge is 0.365 e. The van der Waals surface area contributed by atoms with E-state index in [0.717, 1.165) is 6.42 Å². The zero-order valence-electron chi connectivity index (χ0n) is 16.6. The number of carbonyl (C=O) groups is 2. The van der Waals surface area contributed by atoms with E-state index in [1.165, 1.54) is 17.4 Å². The molecule has 9 heteroatoms. The molecule has 1 amide bonds. The van der Waals surface area contributed by atoms with Crippen LogP contribution in [0, 0.1) is 16.0 Å². The van der Waals surface area contributed by atoms with E-state index in [4.69, 9.17) is 0 Å². The van der Waals surface area contributed by atoms with Crippen LogP contribution < -0.4 is 10.2 Å². The molecule has 0 aliphatic carbocycles. The number of ketones is 1. The quantitative estimate of drug-likeness (QED) is 0.354. The molecule has 1 saturated heterocycles. The third kappa shape index (κ3) is 4.61. The Morgan fingerprint density at radius 3 is 2.68 bits per heavy atom. The van der Waals surface area contributed by atoms with Crippen molar-refractivity contribution >= 4 is 39.5 Å². The first-order chi connectivity index (χ1) is 15.0. The summed E-state index contributed by atoms with van der Waals surface area (Å²) in [5, 5.41) is 16.9. The predicted molar refractivity (Wildman–Crippen MR) is 119 cm³/mol. The van der Waals surface area contributed by atoms with Gasteiger partial charge in [0.05, 0.1) is 10.8 Å². The fourth-order valence-electron chi connectivity index (χ4n) is 3.74. The Balaban J connectivity index is 1.56. The molecule has 0 bridgehead atoms. The molecule has 158 valence electrons. The van der Waals surface area contributed by atoms with Gasteiger partial charge in [0.25, 0.3) is 5.69 Å². The summed E-state index contributed by atoms with van der Waals surface area (Å²) in [6, 6.07) is 13.2. The van der Waals surface area contributed by atoms with Crippen molar-refractivity contribution in [3.05, 3.63) is 81.3 Å². The van der Waals surface area contributed by atoms with Crippen molar-refractivity contribution in [2.75, 3.05) is 23.3 Å². The van der Waals surface area contributed by atoms with Gasteiger partial charge in [0.2, 0.25) is 5.91 Å². The van der Waals surface area contributed by atoms with Gasteiger partial charge in [-0.1, -0.05) is 30.3 Å². The molecule has 1 aliphatic rings. The average molecular weight is 436 g/mol. The first-order valence-corrected chi connectivity index (χ1v) is 10.7. The van der Waals surface area contributed by atoms with Gasteiger partial charge in [-0.15, -0.1) is 11.3 Å². The molecule has 1 fully saturated rings. The number of piperidine rings is 1. The zero-order valence-corrected chi connectivity index (χ0v) is 17.4. The molecular weight excluding hydrogens is 416 g/mol. The van der Waals surface area contributed by atoms with Crippen LogP contribution in [0.4, 0.5) is 16.5 Å². The van der Waals surface area contributed by atoms with Crippen LogP contribution in [0.2, 0.25) is 0 Å². The van der Waals surface area contributed by atoms with Gasteiger partial charge in [0.15, 0.2) is 10.9 Å². The fraction of sp³-hybridized carbons (Fsp3) is 0.227. The molecular formula is C22H20N4O4S. The molecule has 2 aromatic carbocycles. The third-order valence-corrected chi connectivity index (χ3v) is 5.95. The van der Waals surface area contributed by atoms with Gasteiger partial charge in [-0.25, -0.2) is 4.98 Å². The van der Waals surface area contributed by atoms with Crippen molar-refractivity contribution in [2.24, 2.45) is 5.92 Å². The predicted octanol–water partition coefficient (Wildman–Crippen LogP) is 4.14. The van der Waals surface area contributed by atoms with Gasteiger partial charge >= 0.3 is 0 Å². The normalized spacial score (nSPS) is 16.0. The number of aromatic nitrogens is 1. The fourth-order valence-corrected chi connectivity index (χ4v) is 4.27. The molecule has 0 radical (unpaired) electrons. The Morgan fingerprint density at radius 2 is 1.97 bits per heavy atom. The molecule has 1 aliphatic heterocycles. The highest BCUT2D eigenvalue weighted by Crippen LogP contribution is 2.33. The topological polar surface area (TPSA) is 105 Å². The number of hydrogen-bond acceptors (Lipinski definition) is 7. The van der Waals surface area contributed by atoms with E-state index in [1.807, 2.05) is 4.90 Å². The number of anilines is 2. The summed E-state index contributed by atoms with van der Waals surface area (Å²) in [4.78, 5) is 42.5. The second-order valence-electron chi connectivity index (χ2n) is 7.27. The monoisotopic (exact) mass is 436 g/mol. The number of nitrogens with zero attached hydrogens (tertiary/aromatic N) is 3. The van der Waals surface area contributed by atoms with Crippen molar-refractivity contribution in [1.29, 1.82) is 0 Å². The number of amides is 1. The molecule has 1 aromatic heterocycles. The van der Waals surface area contributed by atoms with E-state index in [-0.39, 0.29) is 28.9 Å². The molecule has 3 aromatic rings. The molecule has 4 rings (SSSR count). The lowest BCUT2D eigenvalue weighted by molar-refractivity contribution is -0.384. The van der Waals surface area contributed by atoms with E-state index in [1.54, 1.807) is 54.0 Å². The standard InChI is InChI=1S/C22H20N4O4S/c27-20(15-5-2-1-3-6-15)16-8-9-18(19(13-16)26(29)30)25-11-4-7-17(14-25)21(28)24-22-23-10-12-31-22/h1-3,5-6,8-10,12-13,17H,4,7,11,14H2,(H,23,24,28). The average Bonchev–Trinajstić information content (AvgIpc) is 3.32. The Morgan fingerprint density at radius 1 is 1.16 bits per heavy atom. The highest BCUT2D eigenvalue weighted by atomic mass is 32.1. The lowest BCUT2D eigenvalue weighted by Crippen LogP contribution is -2.41. The van der Waals surface area contributed by atoms with Gasteiger partial charge in [-0.3, -0.25) is 19.7 Å². The summed E-state index contributed by atoms with van der Waals surface area (Å²) in [6.07, 6.45) is 3.05. The Hall–Kier alpha value is -3.59. The van der Waals surface area contributed by atoms with Crippen molar-refractivity contribution in [3.8, 4) is 0 Å². The smallest absolute Gasteiger partial charge is 0.293 e. The number of nitro groups is 1. The maximum absolute atomic E-state index is 12.7. The molecule has 1 N–H and O–H groups in total. The van der Waals surface area contributed by atoms with Crippen LogP contribution in [0.15, 0.2) is 60.1 Å². The number of nitro benzene ring substituents is 1. The molecule has 1 unspecified atom stereocenters. The van der Waals surface area contributed by atoms with Crippen LogP contribution in [0.5, 0.6) is 0 Å². The summed E-state index contributed by atoms with van der Waals surface area (Å²) in [5.41, 5.74) is 1.02. The van der Waals surface area contributed by atoms with Crippen LogP contribution >= 0.6 is 11.3 Å². The number of carbonyl (C=O) groups excluding carboxylic acids is 2. The minimum Gasteiger partial charge on any atom is -0.365 e. The van der Waals surface area contributed by atoms with Crippen LogP contribution in [0.1, 0.15) is 28.8 Å². The molecule has 0 saturated carbocycles. The summed E-state index contributed by atoms with van der Waals surface area (Å²) < 4.78 is 0. The Bertz CT molecular complexity index is 1100. The van der Waals surface area contributed by atoms with Crippen molar-refractivity contribution < 1.29 is 14.5 Å². The lowest BCUT2D eigenvalue weighted by atomic mass is 9.96.